The Kier molecular flexibility index (Phi) is 3.52. The number of hydrogen-bond donors (Lipinski definition) is 1. The second-order valence-electron chi connectivity index (χ2n) is 4.60. The third kappa shape index (κ3) is 2.72. The summed E-state index contributed by atoms with van der Waals surface area (Å²) in [6.45, 7) is 3.98. The molecule has 3 rings (SSSR count). The van der Waals surface area contributed by atoms with Gasteiger partial charge in [0.2, 0.25) is 5.13 Å². The number of aromatic nitrogens is 2. The highest BCUT2D eigenvalue weighted by molar-refractivity contribution is 7.09. The van der Waals surface area contributed by atoms with E-state index in [1.165, 1.54) is 11.5 Å². The van der Waals surface area contributed by atoms with Crippen LogP contribution < -0.4 is 5.32 Å². The van der Waals surface area contributed by atoms with Gasteiger partial charge < -0.3 is 9.73 Å². The van der Waals surface area contributed by atoms with Crippen LogP contribution in [-0.2, 0) is 0 Å². The van der Waals surface area contributed by atoms with Gasteiger partial charge >= 0.3 is 0 Å². The van der Waals surface area contributed by atoms with Crippen molar-refractivity contribution in [1.82, 2.24) is 9.36 Å². The van der Waals surface area contributed by atoms with Gasteiger partial charge in [-0.3, -0.25) is 0 Å². The second-order valence-corrected chi connectivity index (χ2v) is 5.36. The highest BCUT2D eigenvalue weighted by Gasteiger charge is 2.12. The summed E-state index contributed by atoms with van der Waals surface area (Å²) in [7, 11) is 0. The van der Waals surface area contributed by atoms with Gasteiger partial charge in [0.25, 0.3) is 0 Å². The Labute approximate surface area is 121 Å². The zero-order chi connectivity index (χ0) is 13.9. The Morgan fingerprint density at radius 3 is 2.65 bits per heavy atom. The molecule has 0 saturated heterocycles. The molecule has 0 aliphatic carbocycles. The van der Waals surface area contributed by atoms with Gasteiger partial charge in [0.15, 0.2) is 5.82 Å². The quantitative estimate of drug-likeness (QED) is 0.777. The van der Waals surface area contributed by atoms with Gasteiger partial charge in [-0.15, -0.1) is 0 Å². The molecule has 0 bridgehead atoms. The first kappa shape index (κ1) is 12.9. The second kappa shape index (κ2) is 5.46. The summed E-state index contributed by atoms with van der Waals surface area (Å²) in [4.78, 5) is 4.51. The number of hydrogen-bond acceptors (Lipinski definition) is 5. The Balaban J connectivity index is 1.74. The fraction of sp³-hybridized carbons (Fsp3) is 0.200. The van der Waals surface area contributed by atoms with Crippen molar-refractivity contribution in [1.29, 1.82) is 0 Å². The minimum absolute atomic E-state index is 0.0697. The van der Waals surface area contributed by atoms with Crippen molar-refractivity contribution in [2.75, 3.05) is 5.32 Å². The number of aryl methyl sites for hydroxylation is 1. The SMILES string of the molecule is Cc1ccc(C(C)Nc2nc(-c3ccccc3)ns2)o1. The van der Waals surface area contributed by atoms with Gasteiger partial charge in [0.05, 0.1) is 6.04 Å². The van der Waals surface area contributed by atoms with Gasteiger partial charge in [-0.05, 0) is 26.0 Å². The smallest absolute Gasteiger partial charge is 0.203 e. The standard InChI is InChI=1S/C15H15N3OS/c1-10-8-9-13(19-10)11(2)16-15-17-14(18-20-15)12-6-4-3-5-7-12/h3-9,11H,1-2H3,(H,16,17,18). The van der Waals surface area contributed by atoms with Crippen LogP contribution in [0.2, 0.25) is 0 Å². The normalized spacial score (nSPS) is 12.3. The van der Waals surface area contributed by atoms with E-state index in [-0.39, 0.29) is 6.04 Å². The molecule has 0 aliphatic rings. The Morgan fingerprint density at radius 1 is 1.15 bits per heavy atom. The predicted octanol–water partition coefficient (Wildman–Crippen LogP) is 4.28. The third-order valence-electron chi connectivity index (χ3n) is 2.99. The summed E-state index contributed by atoms with van der Waals surface area (Å²) in [5, 5.41) is 4.11. The molecule has 1 N–H and O–H groups in total. The molecule has 0 aliphatic heterocycles. The number of anilines is 1. The maximum absolute atomic E-state index is 5.60. The molecule has 0 amide bonds. The number of benzene rings is 1. The lowest BCUT2D eigenvalue weighted by atomic mass is 10.2. The van der Waals surface area contributed by atoms with E-state index in [4.69, 9.17) is 4.42 Å². The number of furan rings is 1. The van der Waals surface area contributed by atoms with Gasteiger partial charge in [-0.2, -0.15) is 9.36 Å². The first-order chi connectivity index (χ1) is 9.72. The Hall–Kier alpha value is -2.14. The van der Waals surface area contributed by atoms with Crippen LogP contribution in [0.4, 0.5) is 5.13 Å². The lowest BCUT2D eigenvalue weighted by molar-refractivity contribution is 0.467. The van der Waals surface area contributed by atoms with Crippen LogP contribution >= 0.6 is 11.5 Å². The lowest BCUT2D eigenvalue weighted by Gasteiger charge is -2.08. The predicted molar refractivity (Wildman–Crippen MR) is 80.8 cm³/mol. The van der Waals surface area contributed by atoms with E-state index in [1.807, 2.05) is 56.3 Å². The van der Waals surface area contributed by atoms with Crippen LogP contribution in [0, 0.1) is 6.92 Å². The minimum atomic E-state index is 0.0697. The van der Waals surface area contributed by atoms with Crippen molar-refractivity contribution >= 4 is 16.7 Å². The zero-order valence-corrected chi connectivity index (χ0v) is 12.1. The summed E-state index contributed by atoms with van der Waals surface area (Å²) in [6, 6.07) is 14.0. The highest BCUT2D eigenvalue weighted by atomic mass is 32.1. The number of nitrogens with one attached hydrogen (secondary N) is 1. The van der Waals surface area contributed by atoms with E-state index >= 15 is 0 Å². The number of rotatable bonds is 4. The molecule has 0 radical (unpaired) electrons. The molecule has 1 aromatic carbocycles. The molecular weight excluding hydrogens is 270 g/mol. The summed E-state index contributed by atoms with van der Waals surface area (Å²) < 4.78 is 9.98. The van der Waals surface area contributed by atoms with E-state index < -0.39 is 0 Å². The van der Waals surface area contributed by atoms with E-state index in [2.05, 4.69) is 14.7 Å². The molecule has 0 saturated carbocycles. The van der Waals surface area contributed by atoms with Crippen LogP contribution in [0.5, 0.6) is 0 Å². The van der Waals surface area contributed by atoms with Crippen LogP contribution in [0.3, 0.4) is 0 Å². The molecule has 102 valence electrons. The van der Waals surface area contributed by atoms with Crippen molar-refractivity contribution in [3.05, 3.63) is 54.0 Å². The molecule has 5 heteroatoms. The van der Waals surface area contributed by atoms with Crippen molar-refractivity contribution in [3.8, 4) is 11.4 Å². The number of nitrogens with zero attached hydrogens (tertiary/aromatic N) is 2. The topological polar surface area (TPSA) is 51.0 Å². The molecule has 4 nitrogen and oxygen atoms in total. The van der Waals surface area contributed by atoms with Crippen molar-refractivity contribution in [3.63, 3.8) is 0 Å². The maximum atomic E-state index is 5.60. The fourth-order valence-corrected chi connectivity index (χ4v) is 2.61. The summed E-state index contributed by atoms with van der Waals surface area (Å²) >= 11 is 1.36. The first-order valence-electron chi connectivity index (χ1n) is 6.44. The molecule has 1 unspecified atom stereocenters. The van der Waals surface area contributed by atoms with Crippen LogP contribution in [-0.4, -0.2) is 9.36 Å². The Bertz CT molecular complexity index is 690. The Morgan fingerprint density at radius 2 is 1.95 bits per heavy atom. The van der Waals surface area contributed by atoms with Gasteiger partial charge in [-0.1, -0.05) is 30.3 Å². The largest absolute Gasteiger partial charge is 0.464 e. The molecule has 2 aromatic heterocycles. The van der Waals surface area contributed by atoms with Crippen molar-refractivity contribution in [2.45, 2.75) is 19.9 Å². The third-order valence-corrected chi connectivity index (χ3v) is 3.63. The summed E-state index contributed by atoms with van der Waals surface area (Å²) in [6.07, 6.45) is 0. The van der Waals surface area contributed by atoms with Crippen LogP contribution in [0.25, 0.3) is 11.4 Å². The van der Waals surface area contributed by atoms with E-state index in [9.17, 15) is 0 Å². The average Bonchev–Trinajstić information content (AvgIpc) is 3.09. The van der Waals surface area contributed by atoms with Gasteiger partial charge in [-0.25, -0.2) is 0 Å². The van der Waals surface area contributed by atoms with E-state index in [0.29, 0.717) is 0 Å². The summed E-state index contributed by atoms with van der Waals surface area (Å²) in [5.74, 6) is 2.57. The monoisotopic (exact) mass is 285 g/mol. The molecule has 1 atom stereocenters. The molecule has 3 aromatic rings. The first-order valence-corrected chi connectivity index (χ1v) is 7.22. The highest BCUT2D eigenvalue weighted by Crippen LogP contribution is 2.25. The molecular formula is C15H15N3OS. The average molecular weight is 285 g/mol. The maximum Gasteiger partial charge on any atom is 0.203 e. The van der Waals surface area contributed by atoms with Crippen molar-refractivity contribution in [2.24, 2.45) is 0 Å². The lowest BCUT2D eigenvalue weighted by Crippen LogP contribution is -2.05. The minimum Gasteiger partial charge on any atom is -0.464 e. The van der Waals surface area contributed by atoms with Gasteiger partial charge in [0, 0.05) is 17.1 Å². The fourth-order valence-electron chi connectivity index (χ4n) is 1.93. The molecule has 0 fully saturated rings. The van der Waals surface area contributed by atoms with E-state index in [0.717, 1.165) is 28.0 Å². The van der Waals surface area contributed by atoms with Crippen molar-refractivity contribution < 1.29 is 4.42 Å². The molecule has 2 heterocycles. The van der Waals surface area contributed by atoms with Crippen LogP contribution in [0.15, 0.2) is 46.9 Å². The molecule has 20 heavy (non-hydrogen) atoms. The van der Waals surface area contributed by atoms with Crippen LogP contribution in [0.1, 0.15) is 24.5 Å². The van der Waals surface area contributed by atoms with Gasteiger partial charge in [0.1, 0.15) is 11.5 Å². The molecule has 0 spiro atoms. The zero-order valence-electron chi connectivity index (χ0n) is 11.3. The van der Waals surface area contributed by atoms with E-state index in [1.54, 1.807) is 0 Å². The summed E-state index contributed by atoms with van der Waals surface area (Å²) in [5.41, 5.74) is 1.03.